The molecular weight excluding hydrogens is 300 g/mol. The number of benzene rings is 1. The molecule has 0 amide bonds. The molecule has 1 fully saturated rings. The van der Waals surface area contributed by atoms with Crippen LogP contribution in [0.3, 0.4) is 0 Å². The van der Waals surface area contributed by atoms with E-state index in [9.17, 15) is 14.9 Å². The van der Waals surface area contributed by atoms with Crippen molar-refractivity contribution in [3.63, 3.8) is 0 Å². The molecule has 7 heteroatoms. The highest BCUT2D eigenvalue weighted by molar-refractivity contribution is 5.94. The summed E-state index contributed by atoms with van der Waals surface area (Å²) in [5, 5.41) is 11.2. The molecule has 0 unspecified atom stereocenters. The maximum Gasteiger partial charge on any atom is 0.338 e. The number of nitro groups is 1. The average Bonchev–Trinajstić information content (AvgIpc) is 2.57. The fourth-order valence-corrected chi connectivity index (χ4v) is 3.03. The predicted octanol–water partition coefficient (Wildman–Crippen LogP) is 2.70. The molecule has 1 saturated heterocycles. The lowest BCUT2D eigenvalue weighted by Gasteiger charge is -2.36. The number of hydrogen-bond donors (Lipinski definition) is 0. The third-order valence-electron chi connectivity index (χ3n) is 4.26. The van der Waals surface area contributed by atoms with E-state index in [0.29, 0.717) is 31.0 Å². The highest BCUT2D eigenvalue weighted by Gasteiger charge is 2.26. The average molecular weight is 322 g/mol. The molecule has 2 rings (SSSR count). The molecule has 0 atom stereocenters. The number of carbonyl (C=O) groups excluding carboxylic acids is 1. The zero-order valence-corrected chi connectivity index (χ0v) is 13.7. The van der Waals surface area contributed by atoms with Gasteiger partial charge in [0.1, 0.15) is 0 Å². The lowest BCUT2D eigenvalue weighted by Crippen LogP contribution is -2.40. The van der Waals surface area contributed by atoms with Crippen LogP contribution in [-0.2, 0) is 9.47 Å². The summed E-state index contributed by atoms with van der Waals surface area (Å²) in [6, 6.07) is 3.07. The standard InChI is InChI=1S/C16H22N2O5/c1-4-17(12-5-7-23-8-6-12)15-10-13(18(20)21)9-14(11(15)2)16(19)22-3/h9-10,12H,4-8H2,1-3H3. The first-order valence-electron chi connectivity index (χ1n) is 7.71. The highest BCUT2D eigenvalue weighted by Crippen LogP contribution is 2.32. The quantitative estimate of drug-likeness (QED) is 0.471. The summed E-state index contributed by atoms with van der Waals surface area (Å²) < 4.78 is 10.2. The number of hydrogen-bond acceptors (Lipinski definition) is 6. The Morgan fingerprint density at radius 2 is 2.09 bits per heavy atom. The van der Waals surface area contributed by atoms with Crippen molar-refractivity contribution in [2.75, 3.05) is 31.8 Å². The van der Waals surface area contributed by atoms with Crippen LogP contribution in [-0.4, -0.2) is 43.8 Å². The molecule has 0 aliphatic carbocycles. The first kappa shape index (κ1) is 17.2. The Balaban J connectivity index is 2.51. The van der Waals surface area contributed by atoms with E-state index in [2.05, 4.69) is 4.90 Å². The van der Waals surface area contributed by atoms with Crippen molar-refractivity contribution in [1.82, 2.24) is 0 Å². The molecule has 1 aromatic rings. The van der Waals surface area contributed by atoms with E-state index in [4.69, 9.17) is 9.47 Å². The summed E-state index contributed by atoms with van der Waals surface area (Å²) in [4.78, 5) is 24.8. The lowest BCUT2D eigenvalue weighted by molar-refractivity contribution is -0.384. The normalized spacial score (nSPS) is 15.3. The van der Waals surface area contributed by atoms with Crippen LogP contribution in [0.4, 0.5) is 11.4 Å². The molecule has 1 heterocycles. The molecule has 0 spiro atoms. The molecule has 0 bridgehead atoms. The fourth-order valence-electron chi connectivity index (χ4n) is 3.03. The van der Waals surface area contributed by atoms with E-state index >= 15 is 0 Å². The topological polar surface area (TPSA) is 81.9 Å². The Kier molecular flexibility index (Phi) is 5.54. The second kappa shape index (κ2) is 7.41. The molecule has 23 heavy (non-hydrogen) atoms. The highest BCUT2D eigenvalue weighted by atomic mass is 16.6. The number of carbonyl (C=O) groups is 1. The van der Waals surface area contributed by atoms with Crippen molar-refractivity contribution >= 4 is 17.3 Å². The monoisotopic (exact) mass is 322 g/mol. The van der Waals surface area contributed by atoms with Crippen LogP contribution in [0.25, 0.3) is 0 Å². The van der Waals surface area contributed by atoms with Gasteiger partial charge < -0.3 is 14.4 Å². The van der Waals surface area contributed by atoms with E-state index in [1.54, 1.807) is 13.0 Å². The Hall–Kier alpha value is -2.15. The van der Waals surface area contributed by atoms with E-state index in [-0.39, 0.29) is 17.3 Å². The molecule has 1 aromatic carbocycles. The number of nitro benzene ring substituents is 1. The van der Waals surface area contributed by atoms with Gasteiger partial charge in [-0.05, 0) is 32.3 Å². The zero-order valence-electron chi connectivity index (χ0n) is 13.7. The van der Waals surface area contributed by atoms with E-state index < -0.39 is 10.9 Å². The van der Waals surface area contributed by atoms with Gasteiger partial charge in [-0.3, -0.25) is 10.1 Å². The van der Waals surface area contributed by atoms with E-state index in [0.717, 1.165) is 12.8 Å². The maximum absolute atomic E-state index is 12.0. The van der Waals surface area contributed by atoms with Crippen molar-refractivity contribution in [3.05, 3.63) is 33.4 Å². The summed E-state index contributed by atoms with van der Waals surface area (Å²) in [5.74, 6) is -0.560. The van der Waals surface area contributed by atoms with Gasteiger partial charge in [0, 0.05) is 43.6 Å². The number of nitrogens with zero attached hydrogens (tertiary/aromatic N) is 2. The summed E-state index contributed by atoms with van der Waals surface area (Å²) in [5.41, 5.74) is 1.56. The first-order chi connectivity index (χ1) is 11.0. The first-order valence-corrected chi connectivity index (χ1v) is 7.71. The van der Waals surface area contributed by atoms with Gasteiger partial charge in [0.2, 0.25) is 0 Å². The minimum Gasteiger partial charge on any atom is -0.465 e. The SMILES string of the molecule is CCN(c1cc([N+](=O)[O-])cc(C(=O)OC)c1C)C1CCOCC1. The Morgan fingerprint density at radius 3 is 2.61 bits per heavy atom. The summed E-state index contributed by atoms with van der Waals surface area (Å²) >= 11 is 0. The van der Waals surface area contributed by atoms with Gasteiger partial charge in [0.25, 0.3) is 5.69 Å². The number of rotatable bonds is 5. The Bertz CT molecular complexity index is 596. The molecule has 0 aromatic heterocycles. The number of methoxy groups -OCH3 is 1. The fraction of sp³-hybridized carbons (Fsp3) is 0.562. The number of non-ortho nitro benzene ring substituents is 1. The third kappa shape index (κ3) is 3.61. The smallest absolute Gasteiger partial charge is 0.338 e. The van der Waals surface area contributed by atoms with Crippen LogP contribution in [0.2, 0.25) is 0 Å². The van der Waals surface area contributed by atoms with E-state index in [1.165, 1.54) is 13.2 Å². The van der Waals surface area contributed by atoms with Gasteiger partial charge in [-0.15, -0.1) is 0 Å². The van der Waals surface area contributed by atoms with Gasteiger partial charge in [-0.25, -0.2) is 4.79 Å². The second-order valence-corrected chi connectivity index (χ2v) is 5.52. The zero-order chi connectivity index (χ0) is 17.0. The van der Waals surface area contributed by atoms with Crippen LogP contribution in [0, 0.1) is 17.0 Å². The molecule has 0 radical (unpaired) electrons. The number of ether oxygens (including phenoxy) is 2. The summed E-state index contributed by atoms with van der Waals surface area (Å²) in [7, 11) is 1.27. The Morgan fingerprint density at radius 1 is 1.43 bits per heavy atom. The maximum atomic E-state index is 12.0. The van der Waals surface area contributed by atoms with E-state index in [1.807, 2.05) is 6.92 Å². The summed E-state index contributed by atoms with van der Waals surface area (Å²) in [6.45, 7) is 5.87. The molecular formula is C16H22N2O5. The molecule has 1 aliphatic rings. The van der Waals surface area contributed by atoms with Crippen molar-refractivity contribution in [2.24, 2.45) is 0 Å². The lowest BCUT2D eigenvalue weighted by atomic mass is 10.0. The predicted molar refractivity (Wildman–Crippen MR) is 86.0 cm³/mol. The van der Waals surface area contributed by atoms with Crippen LogP contribution < -0.4 is 4.90 Å². The minimum absolute atomic E-state index is 0.100. The van der Waals surface area contributed by atoms with Crippen molar-refractivity contribution in [2.45, 2.75) is 32.7 Å². The molecule has 126 valence electrons. The molecule has 1 aliphatic heterocycles. The van der Waals surface area contributed by atoms with Gasteiger partial charge in [0.15, 0.2) is 0 Å². The molecule has 0 N–H and O–H groups in total. The van der Waals surface area contributed by atoms with Gasteiger partial charge in [0.05, 0.1) is 17.6 Å². The number of esters is 1. The van der Waals surface area contributed by atoms with Crippen LogP contribution >= 0.6 is 0 Å². The minimum atomic E-state index is -0.560. The van der Waals surface area contributed by atoms with Crippen LogP contribution in [0.5, 0.6) is 0 Å². The van der Waals surface area contributed by atoms with Crippen molar-refractivity contribution in [1.29, 1.82) is 0 Å². The Labute approximate surface area is 135 Å². The molecule has 7 nitrogen and oxygen atoms in total. The summed E-state index contributed by atoms with van der Waals surface area (Å²) in [6.07, 6.45) is 1.73. The van der Waals surface area contributed by atoms with Crippen LogP contribution in [0.15, 0.2) is 12.1 Å². The van der Waals surface area contributed by atoms with Gasteiger partial charge in [-0.1, -0.05) is 0 Å². The van der Waals surface area contributed by atoms with Crippen LogP contribution in [0.1, 0.15) is 35.7 Å². The number of anilines is 1. The third-order valence-corrected chi connectivity index (χ3v) is 4.26. The van der Waals surface area contributed by atoms with Gasteiger partial charge in [-0.2, -0.15) is 0 Å². The molecule has 0 saturated carbocycles. The van der Waals surface area contributed by atoms with Crippen molar-refractivity contribution in [3.8, 4) is 0 Å². The second-order valence-electron chi connectivity index (χ2n) is 5.52. The largest absolute Gasteiger partial charge is 0.465 e. The van der Waals surface area contributed by atoms with Gasteiger partial charge >= 0.3 is 5.97 Å². The van der Waals surface area contributed by atoms with Crippen molar-refractivity contribution < 1.29 is 19.2 Å².